The van der Waals surface area contributed by atoms with E-state index in [1.807, 2.05) is 17.0 Å². The van der Waals surface area contributed by atoms with Gasteiger partial charge in [0, 0.05) is 38.6 Å². The fourth-order valence-electron chi connectivity index (χ4n) is 4.18. The Balaban J connectivity index is 1.16. The fourth-order valence-corrected chi connectivity index (χ4v) is 5.03. The third kappa shape index (κ3) is 5.22. The van der Waals surface area contributed by atoms with Gasteiger partial charge in [0.25, 0.3) is 0 Å². The van der Waals surface area contributed by atoms with Crippen molar-refractivity contribution in [3.8, 4) is 0 Å². The van der Waals surface area contributed by atoms with Crippen LogP contribution in [0.2, 0.25) is 0 Å². The minimum absolute atomic E-state index is 0.191. The van der Waals surface area contributed by atoms with Gasteiger partial charge in [-0.2, -0.15) is 0 Å². The minimum atomic E-state index is 0.191. The second kappa shape index (κ2) is 9.88. The number of aromatic nitrogens is 3. The number of carbonyl (C=O) groups is 1. The Morgan fingerprint density at radius 1 is 0.844 bits per heavy atom. The summed E-state index contributed by atoms with van der Waals surface area (Å²) in [5, 5.41) is 9.78. The Labute approximate surface area is 193 Å². The molecule has 1 aromatic heterocycles. The molecule has 6 nitrogen and oxygen atoms in total. The fraction of sp³-hybridized carbons (Fsp3) is 0.400. The van der Waals surface area contributed by atoms with Crippen molar-refractivity contribution < 1.29 is 4.79 Å². The van der Waals surface area contributed by atoms with Crippen LogP contribution in [0.4, 0.5) is 0 Å². The van der Waals surface area contributed by atoms with E-state index >= 15 is 0 Å². The predicted octanol–water partition coefficient (Wildman–Crippen LogP) is 3.64. The summed E-state index contributed by atoms with van der Waals surface area (Å²) in [6.45, 7) is 5.12. The summed E-state index contributed by atoms with van der Waals surface area (Å²) in [5.74, 6) is 2.19. The average Bonchev–Trinajstić information content (AvgIpc) is 3.61. The third-order valence-electron chi connectivity index (χ3n) is 6.17. The van der Waals surface area contributed by atoms with E-state index in [4.69, 9.17) is 0 Å². The lowest BCUT2D eigenvalue weighted by molar-refractivity contribution is -0.130. The molecule has 1 saturated carbocycles. The van der Waals surface area contributed by atoms with Crippen LogP contribution in [0.25, 0.3) is 0 Å². The second-order valence-electron chi connectivity index (χ2n) is 8.62. The molecule has 0 radical (unpaired) electrons. The Bertz CT molecular complexity index is 1030. The molecule has 2 fully saturated rings. The molecule has 2 aliphatic rings. The van der Waals surface area contributed by atoms with E-state index in [9.17, 15) is 4.79 Å². The Morgan fingerprint density at radius 3 is 2.09 bits per heavy atom. The van der Waals surface area contributed by atoms with Crippen molar-refractivity contribution in [1.82, 2.24) is 24.6 Å². The van der Waals surface area contributed by atoms with Gasteiger partial charge >= 0.3 is 0 Å². The molecule has 0 N–H and O–H groups in total. The molecule has 0 bridgehead atoms. The van der Waals surface area contributed by atoms with Crippen LogP contribution in [0.3, 0.4) is 0 Å². The summed E-state index contributed by atoms with van der Waals surface area (Å²) >= 11 is 1.52. The summed E-state index contributed by atoms with van der Waals surface area (Å²) in [5.41, 5.74) is 2.56. The third-order valence-corrected chi connectivity index (χ3v) is 7.12. The number of piperazine rings is 1. The lowest BCUT2D eigenvalue weighted by atomic mass is 10.2. The number of nitrogens with zero attached hydrogens (tertiary/aromatic N) is 5. The topological polar surface area (TPSA) is 54.3 Å². The van der Waals surface area contributed by atoms with Gasteiger partial charge in [-0.25, -0.2) is 0 Å². The van der Waals surface area contributed by atoms with Gasteiger partial charge in [-0.15, -0.1) is 10.2 Å². The van der Waals surface area contributed by atoms with E-state index in [0.29, 0.717) is 11.7 Å². The highest BCUT2D eigenvalue weighted by molar-refractivity contribution is 7.99. The van der Waals surface area contributed by atoms with Gasteiger partial charge < -0.3 is 9.47 Å². The summed E-state index contributed by atoms with van der Waals surface area (Å²) in [6.07, 6.45) is 2.37. The molecule has 2 heterocycles. The van der Waals surface area contributed by atoms with Crippen molar-refractivity contribution in [2.75, 3.05) is 31.9 Å². The van der Waals surface area contributed by atoms with Crippen LogP contribution in [0, 0.1) is 0 Å². The molecule has 5 rings (SSSR count). The normalized spacial score (nSPS) is 16.9. The van der Waals surface area contributed by atoms with E-state index in [1.54, 1.807) is 0 Å². The van der Waals surface area contributed by atoms with E-state index in [2.05, 4.69) is 68.2 Å². The first-order valence-corrected chi connectivity index (χ1v) is 12.4. The molecular weight excluding hydrogens is 418 g/mol. The van der Waals surface area contributed by atoms with Crippen LogP contribution in [0.1, 0.15) is 35.7 Å². The quantitative estimate of drug-likeness (QED) is 0.494. The average molecular weight is 448 g/mol. The number of hydrogen-bond acceptors (Lipinski definition) is 5. The molecule has 1 amide bonds. The standard InChI is InChI=1S/C25H29N5OS/c31-23(29-15-13-28(14-16-29)17-20-7-3-1-4-8-20)19-32-25-27-26-24(22-11-12-22)30(25)18-21-9-5-2-6-10-21/h1-10,22H,11-19H2. The maximum Gasteiger partial charge on any atom is 0.233 e. The molecule has 3 aromatic rings. The molecular formula is C25H29N5OS. The first-order chi connectivity index (χ1) is 15.8. The maximum atomic E-state index is 12.9. The SMILES string of the molecule is O=C(CSc1nnc(C2CC2)n1Cc1ccccc1)N1CCN(Cc2ccccc2)CC1. The zero-order valence-electron chi connectivity index (χ0n) is 18.3. The number of hydrogen-bond donors (Lipinski definition) is 0. The number of rotatable bonds is 8. The van der Waals surface area contributed by atoms with Crippen LogP contribution in [0.15, 0.2) is 65.8 Å². The zero-order valence-corrected chi connectivity index (χ0v) is 19.1. The summed E-state index contributed by atoms with van der Waals surface area (Å²) in [4.78, 5) is 17.3. The molecule has 1 saturated heterocycles. The van der Waals surface area contributed by atoms with Crippen LogP contribution in [-0.2, 0) is 17.9 Å². The molecule has 0 unspecified atom stereocenters. The molecule has 0 spiro atoms. The van der Waals surface area contributed by atoms with Crippen LogP contribution < -0.4 is 0 Å². The minimum Gasteiger partial charge on any atom is -0.339 e. The molecule has 7 heteroatoms. The Morgan fingerprint density at radius 2 is 1.47 bits per heavy atom. The van der Waals surface area contributed by atoms with Crippen molar-refractivity contribution in [3.63, 3.8) is 0 Å². The van der Waals surface area contributed by atoms with Gasteiger partial charge in [0.2, 0.25) is 5.91 Å². The van der Waals surface area contributed by atoms with E-state index in [1.165, 1.54) is 35.7 Å². The number of thioether (sulfide) groups is 1. The van der Waals surface area contributed by atoms with Gasteiger partial charge in [0.05, 0.1) is 12.3 Å². The molecule has 32 heavy (non-hydrogen) atoms. The summed E-state index contributed by atoms with van der Waals surface area (Å²) in [6, 6.07) is 20.9. The molecule has 1 aliphatic carbocycles. The number of carbonyl (C=O) groups excluding carboxylic acids is 1. The lowest BCUT2D eigenvalue weighted by Crippen LogP contribution is -2.48. The molecule has 2 aromatic carbocycles. The monoisotopic (exact) mass is 447 g/mol. The van der Waals surface area contributed by atoms with Crippen molar-refractivity contribution in [1.29, 1.82) is 0 Å². The lowest BCUT2D eigenvalue weighted by Gasteiger charge is -2.34. The smallest absolute Gasteiger partial charge is 0.233 e. The zero-order chi connectivity index (χ0) is 21.8. The number of benzene rings is 2. The van der Waals surface area contributed by atoms with Gasteiger partial charge in [0.15, 0.2) is 5.16 Å². The van der Waals surface area contributed by atoms with Gasteiger partial charge in [-0.05, 0) is 24.0 Å². The molecule has 1 aliphatic heterocycles. The first-order valence-electron chi connectivity index (χ1n) is 11.4. The molecule has 166 valence electrons. The van der Waals surface area contributed by atoms with Gasteiger partial charge in [-0.1, -0.05) is 72.4 Å². The highest BCUT2D eigenvalue weighted by Gasteiger charge is 2.31. The van der Waals surface area contributed by atoms with Gasteiger partial charge in [0.1, 0.15) is 5.82 Å². The summed E-state index contributed by atoms with van der Waals surface area (Å²) in [7, 11) is 0. The van der Waals surface area contributed by atoms with Crippen molar-refractivity contribution >= 4 is 17.7 Å². The van der Waals surface area contributed by atoms with Crippen molar-refractivity contribution in [3.05, 3.63) is 77.6 Å². The Kier molecular flexibility index (Phi) is 6.55. The van der Waals surface area contributed by atoms with Gasteiger partial charge in [-0.3, -0.25) is 9.69 Å². The number of amides is 1. The highest BCUT2D eigenvalue weighted by Crippen LogP contribution is 2.40. The van der Waals surface area contributed by atoms with Crippen LogP contribution in [-0.4, -0.2) is 62.4 Å². The van der Waals surface area contributed by atoms with E-state index < -0.39 is 0 Å². The Hall–Kier alpha value is -2.64. The highest BCUT2D eigenvalue weighted by atomic mass is 32.2. The first kappa shape index (κ1) is 21.2. The molecule has 0 atom stereocenters. The van der Waals surface area contributed by atoms with Crippen molar-refractivity contribution in [2.24, 2.45) is 0 Å². The summed E-state index contributed by atoms with van der Waals surface area (Å²) < 4.78 is 2.21. The second-order valence-corrected chi connectivity index (χ2v) is 9.56. The van der Waals surface area contributed by atoms with E-state index in [-0.39, 0.29) is 5.91 Å². The van der Waals surface area contributed by atoms with Crippen LogP contribution in [0.5, 0.6) is 0 Å². The van der Waals surface area contributed by atoms with Crippen LogP contribution >= 0.6 is 11.8 Å². The van der Waals surface area contributed by atoms with E-state index in [0.717, 1.165) is 50.2 Å². The predicted molar refractivity (Wildman–Crippen MR) is 127 cm³/mol. The largest absolute Gasteiger partial charge is 0.339 e. The van der Waals surface area contributed by atoms with Crippen molar-refractivity contribution in [2.45, 2.75) is 37.0 Å². The maximum absolute atomic E-state index is 12.9.